The highest BCUT2D eigenvalue weighted by Gasteiger charge is 2.40. The van der Waals surface area contributed by atoms with E-state index < -0.39 is 0 Å². The van der Waals surface area contributed by atoms with Crippen LogP contribution >= 0.6 is 23.5 Å². The van der Waals surface area contributed by atoms with Gasteiger partial charge in [0.05, 0.1) is 0 Å². The van der Waals surface area contributed by atoms with Gasteiger partial charge in [0, 0.05) is 24.5 Å². The Morgan fingerprint density at radius 3 is 2.10 bits per heavy atom. The summed E-state index contributed by atoms with van der Waals surface area (Å²) in [6, 6.07) is 0. The van der Waals surface area contributed by atoms with Crippen molar-refractivity contribution in [2.45, 2.75) is 51.2 Å². The Hall–Kier alpha value is -0.360. The van der Waals surface area contributed by atoms with E-state index in [2.05, 4.69) is 6.92 Å². The molecular weight excluding hydrogens is 308 g/mol. The lowest BCUT2D eigenvalue weighted by atomic mass is 9.94. The van der Waals surface area contributed by atoms with Gasteiger partial charge >= 0.3 is 11.9 Å². The quantitative estimate of drug-likeness (QED) is 0.478. The molecule has 0 bridgehead atoms. The number of rotatable bonds is 9. The lowest BCUT2D eigenvalue weighted by Gasteiger charge is -2.26. The SMILES string of the molecule is CCSCCCSCC(C1CCC(=O)O1)C1CCC(=O)O1. The molecule has 0 aromatic heterocycles. The van der Waals surface area contributed by atoms with Crippen LogP contribution in [0.2, 0.25) is 0 Å². The third kappa shape index (κ3) is 5.40. The van der Waals surface area contributed by atoms with Gasteiger partial charge in [0.1, 0.15) is 12.2 Å². The number of hydrogen-bond acceptors (Lipinski definition) is 6. The number of thioether (sulfide) groups is 2. The maximum absolute atomic E-state index is 11.3. The van der Waals surface area contributed by atoms with Gasteiger partial charge in [0.25, 0.3) is 0 Å². The second-order valence-corrected chi connectivity index (χ2v) is 7.97. The number of ether oxygens (including phenoxy) is 2. The van der Waals surface area contributed by atoms with Gasteiger partial charge in [-0.05, 0) is 36.5 Å². The zero-order valence-electron chi connectivity index (χ0n) is 12.5. The number of hydrogen-bond donors (Lipinski definition) is 0. The number of esters is 2. The van der Waals surface area contributed by atoms with Crippen molar-refractivity contribution in [1.82, 2.24) is 0 Å². The van der Waals surface area contributed by atoms with Crippen LogP contribution < -0.4 is 0 Å². The molecule has 2 aliphatic heterocycles. The molecule has 0 aromatic carbocycles. The van der Waals surface area contributed by atoms with Crippen LogP contribution in [-0.2, 0) is 19.1 Å². The molecule has 21 heavy (non-hydrogen) atoms. The Balaban J connectivity index is 1.78. The molecule has 0 aliphatic carbocycles. The minimum Gasteiger partial charge on any atom is -0.462 e. The van der Waals surface area contributed by atoms with Crippen LogP contribution in [0.3, 0.4) is 0 Å². The number of carbonyl (C=O) groups is 2. The van der Waals surface area contributed by atoms with Crippen LogP contribution in [0.5, 0.6) is 0 Å². The highest BCUT2D eigenvalue weighted by Crippen LogP contribution is 2.33. The van der Waals surface area contributed by atoms with Gasteiger partial charge in [-0.3, -0.25) is 9.59 Å². The molecule has 2 saturated heterocycles. The second kappa shape index (κ2) is 8.93. The molecule has 0 N–H and O–H groups in total. The van der Waals surface area contributed by atoms with Crippen LogP contribution in [0.1, 0.15) is 39.0 Å². The number of cyclic esters (lactones) is 2. The summed E-state index contributed by atoms with van der Waals surface area (Å²) >= 11 is 3.86. The van der Waals surface area contributed by atoms with Crippen LogP contribution in [0.25, 0.3) is 0 Å². The lowest BCUT2D eigenvalue weighted by Crippen LogP contribution is -2.34. The molecule has 120 valence electrons. The molecule has 6 heteroatoms. The first-order valence-corrected chi connectivity index (χ1v) is 10.1. The summed E-state index contributed by atoms with van der Waals surface area (Å²) in [4.78, 5) is 22.7. The fraction of sp³-hybridized carbons (Fsp3) is 0.867. The zero-order valence-corrected chi connectivity index (χ0v) is 14.2. The predicted octanol–water partition coefficient (Wildman–Crippen LogP) is 2.89. The lowest BCUT2D eigenvalue weighted by molar-refractivity contribution is -0.148. The van der Waals surface area contributed by atoms with E-state index in [1.165, 1.54) is 17.9 Å². The average molecular weight is 332 g/mol. The average Bonchev–Trinajstić information content (AvgIpc) is 3.07. The van der Waals surface area contributed by atoms with Crippen molar-refractivity contribution < 1.29 is 19.1 Å². The van der Waals surface area contributed by atoms with E-state index in [1.54, 1.807) is 0 Å². The van der Waals surface area contributed by atoms with E-state index >= 15 is 0 Å². The van der Waals surface area contributed by atoms with E-state index in [0.717, 1.165) is 24.3 Å². The maximum Gasteiger partial charge on any atom is 0.306 e. The summed E-state index contributed by atoms with van der Waals surface area (Å²) in [5.41, 5.74) is 0. The Labute approximate surface area is 135 Å². The van der Waals surface area contributed by atoms with Gasteiger partial charge < -0.3 is 9.47 Å². The van der Waals surface area contributed by atoms with Gasteiger partial charge in [-0.1, -0.05) is 6.92 Å². The summed E-state index contributed by atoms with van der Waals surface area (Å²) in [6.45, 7) is 2.18. The minimum atomic E-state index is -0.112. The van der Waals surface area contributed by atoms with E-state index in [1.807, 2.05) is 23.5 Å². The van der Waals surface area contributed by atoms with Crippen molar-refractivity contribution in [3.8, 4) is 0 Å². The smallest absolute Gasteiger partial charge is 0.306 e. The molecule has 4 nitrogen and oxygen atoms in total. The van der Waals surface area contributed by atoms with Crippen molar-refractivity contribution in [1.29, 1.82) is 0 Å². The number of carbonyl (C=O) groups excluding carboxylic acids is 2. The third-order valence-electron chi connectivity index (χ3n) is 3.88. The summed E-state index contributed by atoms with van der Waals surface area (Å²) in [6.07, 6.45) is 3.61. The van der Waals surface area contributed by atoms with Gasteiger partial charge in [-0.15, -0.1) is 0 Å². The fourth-order valence-electron chi connectivity index (χ4n) is 2.78. The topological polar surface area (TPSA) is 52.6 Å². The standard InChI is InChI=1S/C15H24O4S2/c1-2-20-8-3-9-21-10-11(12-4-6-14(16)18-12)13-5-7-15(17)19-13/h11-13H,2-10H2,1H3. The fourth-order valence-corrected chi connectivity index (χ4v) is 4.81. The van der Waals surface area contributed by atoms with Crippen molar-refractivity contribution in [2.75, 3.05) is 23.0 Å². The van der Waals surface area contributed by atoms with Crippen molar-refractivity contribution in [2.24, 2.45) is 5.92 Å². The second-order valence-electron chi connectivity index (χ2n) is 5.42. The zero-order chi connectivity index (χ0) is 15.1. The molecule has 0 amide bonds. The minimum absolute atomic E-state index is 0.0640. The molecule has 2 atom stereocenters. The van der Waals surface area contributed by atoms with Gasteiger partial charge in [-0.25, -0.2) is 0 Å². The first-order chi connectivity index (χ1) is 10.2. The van der Waals surface area contributed by atoms with Crippen LogP contribution in [0.15, 0.2) is 0 Å². The summed E-state index contributed by atoms with van der Waals surface area (Å²) in [5.74, 6) is 4.33. The highest BCUT2D eigenvalue weighted by atomic mass is 32.2. The molecule has 2 heterocycles. The molecule has 2 aliphatic rings. The van der Waals surface area contributed by atoms with Gasteiger partial charge in [0.15, 0.2) is 0 Å². The third-order valence-corrected chi connectivity index (χ3v) is 6.06. The Bertz CT molecular complexity index is 336. The normalized spacial score (nSPS) is 26.7. The summed E-state index contributed by atoms with van der Waals surface area (Å²) < 4.78 is 10.8. The van der Waals surface area contributed by atoms with Crippen LogP contribution in [0, 0.1) is 5.92 Å². The molecule has 2 rings (SSSR count). The molecule has 0 saturated carbocycles. The van der Waals surface area contributed by atoms with Crippen LogP contribution in [-0.4, -0.2) is 47.2 Å². The first kappa shape index (κ1) is 17.0. The Kier molecular flexibility index (Phi) is 7.23. The van der Waals surface area contributed by atoms with Crippen LogP contribution in [0.4, 0.5) is 0 Å². The molecule has 0 aromatic rings. The molecular formula is C15H24O4S2. The molecule has 2 unspecified atom stereocenters. The summed E-state index contributed by atoms with van der Waals surface area (Å²) in [5, 5.41) is 0. The maximum atomic E-state index is 11.3. The molecule has 0 radical (unpaired) electrons. The van der Waals surface area contributed by atoms with Gasteiger partial charge in [0.2, 0.25) is 0 Å². The van der Waals surface area contributed by atoms with E-state index in [4.69, 9.17) is 9.47 Å². The monoisotopic (exact) mass is 332 g/mol. The molecule has 2 fully saturated rings. The molecule has 0 spiro atoms. The van der Waals surface area contributed by atoms with Crippen molar-refractivity contribution in [3.63, 3.8) is 0 Å². The Morgan fingerprint density at radius 2 is 1.62 bits per heavy atom. The first-order valence-electron chi connectivity index (χ1n) is 7.75. The summed E-state index contributed by atoms with van der Waals surface area (Å²) in [7, 11) is 0. The van der Waals surface area contributed by atoms with Gasteiger partial charge in [-0.2, -0.15) is 23.5 Å². The van der Waals surface area contributed by atoms with E-state index in [0.29, 0.717) is 12.8 Å². The highest BCUT2D eigenvalue weighted by molar-refractivity contribution is 8.00. The van der Waals surface area contributed by atoms with E-state index in [-0.39, 0.29) is 30.1 Å². The Morgan fingerprint density at radius 1 is 1.05 bits per heavy atom. The van der Waals surface area contributed by atoms with Crippen molar-refractivity contribution in [3.05, 3.63) is 0 Å². The largest absolute Gasteiger partial charge is 0.462 e. The van der Waals surface area contributed by atoms with E-state index in [9.17, 15) is 9.59 Å². The van der Waals surface area contributed by atoms with Crippen molar-refractivity contribution >= 4 is 35.5 Å². The predicted molar refractivity (Wildman–Crippen MR) is 86.7 cm³/mol.